The van der Waals surface area contributed by atoms with Crippen molar-refractivity contribution in [2.45, 2.75) is 38.0 Å². The number of allylic oxidation sites excluding steroid dienone is 1. The molecule has 0 heterocycles. The van der Waals surface area contributed by atoms with E-state index in [9.17, 15) is 8.42 Å². The van der Waals surface area contributed by atoms with E-state index < -0.39 is 9.84 Å². The van der Waals surface area contributed by atoms with E-state index in [1.807, 2.05) is 13.8 Å². The van der Waals surface area contributed by atoms with Crippen LogP contribution >= 0.6 is 0 Å². The van der Waals surface area contributed by atoms with Gasteiger partial charge in [-0.05, 0) is 25.5 Å². The Balaban J connectivity index is 3.08. The summed E-state index contributed by atoms with van der Waals surface area (Å²) >= 11 is 0. The van der Waals surface area contributed by atoms with Crippen molar-refractivity contribution in [2.24, 2.45) is 0 Å². The number of rotatable bonds is 5. The molecule has 0 aliphatic heterocycles. The van der Waals surface area contributed by atoms with E-state index in [0.29, 0.717) is 6.42 Å². The Morgan fingerprint density at radius 2 is 1.94 bits per heavy atom. The van der Waals surface area contributed by atoms with E-state index in [4.69, 9.17) is 6.57 Å². The lowest BCUT2D eigenvalue weighted by Gasteiger charge is -2.03. The van der Waals surface area contributed by atoms with E-state index in [1.165, 1.54) is 6.08 Å². The number of unbranched alkanes of at least 4 members (excludes halogenated alkanes) is 2. The molecule has 0 aliphatic carbocycles. The molecule has 0 amide bonds. The van der Waals surface area contributed by atoms with E-state index in [2.05, 4.69) is 4.85 Å². The topological polar surface area (TPSA) is 38.5 Å². The fraction of sp³-hybridized carbons (Fsp3) is 0.357. The van der Waals surface area contributed by atoms with Crippen molar-refractivity contribution in [1.29, 1.82) is 0 Å². The molecule has 96 valence electrons. The van der Waals surface area contributed by atoms with Gasteiger partial charge in [-0.25, -0.2) is 13.3 Å². The molecule has 0 N–H and O–H groups in total. The second kappa shape index (κ2) is 6.36. The second-order valence-corrected chi connectivity index (χ2v) is 6.01. The van der Waals surface area contributed by atoms with Gasteiger partial charge in [0.05, 0.1) is 11.5 Å². The van der Waals surface area contributed by atoms with Crippen molar-refractivity contribution >= 4 is 9.84 Å². The quantitative estimate of drug-likeness (QED) is 0.600. The van der Waals surface area contributed by atoms with Gasteiger partial charge in [-0.2, -0.15) is 0 Å². The fourth-order valence-electron chi connectivity index (χ4n) is 1.48. The zero-order valence-electron chi connectivity index (χ0n) is 10.7. The molecule has 1 aromatic rings. The predicted molar refractivity (Wildman–Crippen MR) is 72.6 cm³/mol. The second-order valence-electron chi connectivity index (χ2n) is 4.11. The molecule has 0 aromatic heterocycles. The van der Waals surface area contributed by atoms with Gasteiger partial charge in [-0.15, -0.1) is 0 Å². The molecule has 3 nitrogen and oxygen atoms in total. The Hall–Kier alpha value is -1.60. The molecular formula is C14H17NO2S. The summed E-state index contributed by atoms with van der Waals surface area (Å²) in [6.45, 7) is 10.9. The van der Waals surface area contributed by atoms with Crippen LogP contribution in [0, 0.1) is 13.5 Å². The van der Waals surface area contributed by atoms with Crippen molar-refractivity contribution in [3.8, 4) is 0 Å². The average Bonchev–Trinajstić information content (AvgIpc) is 2.35. The molecule has 1 aromatic carbocycles. The highest BCUT2D eigenvalue weighted by atomic mass is 32.2. The summed E-state index contributed by atoms with van der Waals surface area (Å²) in [6.07, 6.45) is 4.01. The van der Waals surface area contributed by atoms with Crippen molar-refractivity contribution < 1.29 is 8.42 Å². The van der Waals surface area contributed by atoms with Gasteiger partial charge >= 0.3 is 0 Å². The molecule has 1 rings (SSSR count). The molecule has 18 heavy (non-hydrogen) atoms. The summed E-state index contributed by atoms with van der Waals surface area (Å²) in [5.41, 5.74) is 0.994. The van der Waals surface area contributed by atoms with Crippen molar-refractivity contribution in [3.05, 3.63) is 52.4 Å². The largest absolute Gasteiger partial charge is 0.279 e. The van der Waals surface area contributed by atoms with Crippen LogP contribution in [0.2, 0.25) is 0 Å². The van der Waals surface area contributed by atoms with Gasteiger partial charge in [-0.3, -0.25) is 0 Å². The summed E-state index contributed by atoms with van der Waals surface area (Å²) in [5.74, 6) is 0. The van der Waals surface area contributed by atoms with E-state index >= 15 is 0 Å². The van der Waals surface area contributed by atoms with Gasteiger partial charge in [0.15, 0.2) is 0 Å². The summed E-state index contributed by atoms with van der Waals surface area (Å²) in [4.78, 5) is 3.34. The molecule has 0 radical (unpaired) electrons. The highest BCUT2D eigenvalue weighted by molar-refractivity contribution is 7.95. The van der Waals surface area contributed by atoms with E-state index in [1.54, 1.807) is 24.3 Å². The highest BCUT2D eigenvalue weighted by Gasteiger charge is 2.20. The SMILES string of the molecule is [C-]#[N+]/C(=C\CCCC)S(=O)(=O)c1ccc(C)cc1. The van der Waals surface area contributed by atoms with Gasteiger partial charge in [0.1, 0.15) is 0 Å². The number of hydrogen-bond donors (Lipinski definition) is 0. The third kappa shape index (κ3) is 3.44. The number of sulfone groups is 1. The van der Waals surface area contributed by atoms with Gasteiger partial charge in [0.2, 0.25) is 9.84 Å². The molecule has 0 unspecified atom stereocenters. The first-order chi connectivity index (χ1) is 8.52. The van der Waals surface area contributed by atoms with Gasteiger partial charge in [-0.1, -0.05) is 43.5 Å². The molecule has 0 spiro atoms. The predicted octanol–water partition coefficient (Wildman–Crippen LogP) is 3.72. The van der Waals surface area contributed by atoms with Crippen LogP contribution in [0.3, 0.4) is 0 Å². The van der Waals surface area contributed by atoms with Crippen molar-refractivity contribution in [3.63, 3.8) is 0 Å². The molecular weight excluding hydrogens is 246 g/mol. The maximum atomic E-state index is 12.2. The monoisotopic (exact) mass is 263 g/mol. The van der Waals surface area contributed by atoms with Crippen LogP contribution in [0.1, 0.15) is 31.7 Å². The van der Waals surface area contributed by atoms with Gasteiger partial charge in [0, 0.05) is 0 Å². The first-order valence-electron chi connectivity index (χ1n) is 5.91. The van der Waals surface area contributed by atoms with E-state index in [0.717, 1.165) is 18.4 Å². The maximum Gasteiger partial charge on any atom is 0.279 e. The number of benzene rings is 1. The van der Waals surface area contributed by atoms with Crippen molar-refractivity contribution in [2.75, 3.05) is 0 Å². The summed E-state index contributed by atoms with van der Waals surface area (Å²) in [7, 11) is -3.64. The van der Waals surface area contributed by atoms with Crippen molar-refractivity contribution in [1.82, 2.24) is 0 Å². The summed E-state index contributed by atoms with van der Waals surface area (Å²) in [5, 5.41) is -0.167. The minimum absolute atomic E-state index is 0.167. The first kappa shape index (κ1) is 14.5. The Bertz CT molecular complexity index is 563. The summed E-state index contributed by atoms with van der Waals surface area (Å²) < 4.78 is 24.4. The van der Waals surface area contributed by atoms with Crippen LogP contribution in [0.15, 0.2) is 40.3 Å². The number of aryl methyl sites for hydroxylation is 1. The lowest BCUT2D eigenvalue weighted by molar-refractivity contribution is 0.602. The first-order valence-corrected chi connectivity index (χ1v) is 7.40. The Morgan fingerprint density at radius 3 is 2.44 bits per heavy atom. The van der Waals surface area contributed by atoms with E-state index in [-0.39, 0.29) is 9.92 Å². The van der Waals surface area contributed by atoms with Crippen LogP contribution < -0.4 is 0 Å². The fourth-order valence-corrected chi connectivity index (χ4v) is 2.68. The molecule has 0 aliphatic rings. The number of hydrogen-bond acceptors (Lipinski definition) is 2. The average molecular weight is 263 g/mol. The zero-order valence-corrected chi connectivity index (χ0v) is 11.5. The Labute approximate surface area is 109 Å². The molecule has 0 fully saturated rings. The van der Waals surface area contributed by atoms with Gasteiger partial charge in [0.25, 0.3) is 5.03 Å². The summed E-state index contributed by atoms with van der Waals surface area (Å²) in [6, 6.07) is 6.56. The molecule has 4 heteroatoms. The third-order valence-electron chi connectivity index (χ3n) is 2.59. The zero-order chi connectivity index (χ0) is 13.6. The standard InChI is InChI=1S/C14H17NO2S/c1-4-5-6-7-14(15-3)18(16,17)13-10-8-12(2)9-11-13/h7-11H,4-6H2,1-2H3/b14-7+. The Morgan fingerprint density at radius 1 is 1.33 bits per heavy atom. The molecule has 0 bridgehead atoms. The van der Waals surface area contributed by atoms with Gasteiger partial charge < -0.3 is 0 Å². The highest BCUT2D eigenvalue weighted by Crippen LogP contribution is 2.21. The molecule has 0 atom stereocenters. The molecule has 0 saturated heterocycles. The number of nitrogens with zero attached hydrogens (tertiary/aromatic N) is 1. The van der Waals surface area contributed by atoms with Crippen LogP contribution in [-0.2, 0) is 9.84 Å². The van der Waals surface area contributed by atoms with Crippen LogP contribution in [0.4, 0.5) is 0 Å². The minimum atomic E-state index is -3.64. The van der Waals surface area contributed by atoms with Crippen LogP contribution in [-0.4, -0.2) is 8.42 Å². The lowest BCUT2D eigenvalue weighted by Crippen LogP contribution is -2.02. The lowest BCUT2D eigenvalue weighted by atomic mass is 10.2. The Kier molecular flexibility index (Phi) is 5.11. The minimum Gasteiger partial charge on any atom is -0.230 e. The smallest absolute Gasteiger partial charge is 0.230 e. The normalized spacial score (nSPS) is 12.2. The third-order valence-corrected chi connectivity index (χ3v) is 4.29. The van der Waals surface area contributed by atoms with Crippen LogP contribution in [0.5, 0.6) is 0 Å². The molecule has 0 saturated carbocycles. The maximum absolute atomic E-state index is 12.2. The van der Waals surface area contributed by atoms with Crippen LogP contribution in [0.25, 0.3) is 4.85 Å².